The van der Waals surface area contributed by atoms with Gasteiger partial charge in [0.1, 0.15) is 4.88 Å². The second kappa shape index (κ2) is 7.49. The highest BCUT2D eigenvalue weighted by Gasteiger charge is 2.17. The molecule has 0 radical (unpaired) electrons. The number of carbonyl (C=O) groups is 1. The van der Waals surface area contributed by atoms with E-state index in [2.05, 4.69) is 4.98 Å². The third kappa shape index (κ3) is 4.13. The highest BCUT2D eigenvalue weighted by molar-refractivity contribution is 7.13. The van der Waals surface area contributed by atoms with Gasteiger partial charge in [-0.05, 0) is 5.56 Å². The van der Waals surface area contributed by atoms with Gasteiger partial charge in [0.2, 0.25) is 0 Å². The molecule has 1 fully saturated rings. The van der Waals surface area contributed by atoms with E-state index in [0.29, 0.717) is 24.5 Å². The van der Waals surface area contributed by atoms with Gasteiger partial charge in [-0.1, -0.05) is 30.3 Å². The minimum Gasteiger partial charge on any atom is -0.461 e. The van der Waals surface area contributed by atoms with E-state index in [1.807, 2.05) is 30.3 Å². The van der Waals surface area contributed by atoms with Crippen molar-refractivity contribution >= 4 is 17.3 Å². The Hall–Kier alpha value is -1.76. The van der Waals surface area contributed by atoms with Crippen LogP contribution in [0.5, 0.6) is 0 Å². The fourth-order valence-electron chi connectivity index (χ4n) is 2.15. The van der Waals surface area contributed by atoms with Crippen LogP contribution in [0.2, 0.25) is 0 Å². The van der Waals surface area contributed by atoms with Crippen molar-refractivity contribution in [1.29, 1.82) is 0 Å². The first kappa shape index (κ1) is 15.1. The molecule has 1 aliphatic heterocycles. The fraction of sp³-hybridized carbons (Fsp3) is 0.375. The lowest BCUT2D eigenvalue weighted by Crippen LogP contribution is -2.13. The second-order valence-electron chi connectivity index (χ2n) is 4.88. The summed E-state index contributed by atoms with van der Waals surface area (Å²) in [4.78, 5) is 16.8. The van der Waals surface area contributed by atoms with Gasteiger partial charge in [-0.2, -0.15) is 0 Å². The largest absolute Gasteiger partial charge is 0.461 e. The first-order valence-electron chi connectivity index (χ1n) is 7.20. The van der Waals surface area contributed by atoms with Crippen LogP contribution in [0.15, 0.2) is 36.5 Å². The Bertz CT molecular complexity index is 608. The minimum absolute atomic E-state index is 0.247. The molecular weight excluding hydrogens is 302 g/mol. The normalized spacial score (nSPS) is 15.1. The maximum absolute atomic E-state index is 12.0. The van der Waals surface area contributed by atoms with Crippen molar-refractivity contribution in [2.45, 2.75) is 19.1 Å². The molecule has 5 nitrogen and oxygen atoms in total. The Labute approximate surface area is 132 Å². The molecule has 1 aliphatic rings. The predicted molar refractivity (Wildman–Crippen MR) is 82.0 cm³/mol. The smallest absolute Gasteiger partial charge is 0.349 e. The number of hydrogen-bond acceptors (Lipinski definition) is 6. The molecule has 3 rings (SSSR count). The third-order valence-electron chi connectivity index (χ3n) is 3.23. The molecule has 1 saturated heterocycles. The number of carbonyl (C=O) groups excluding carboxylic acids is 1. The van der Waals surface area contributed by atoms with Gasteiger partial charge in [0.15, 0.2) is 6.29 Å². The van der Waals surface area contributed by atoms with Crippen LogP contribution in [0.1, 0.15) is 26.7 Å². The monoisotopic (exact) mass is 319 g/mol. The van der Waals surface area contributed by atoms with Crippen molar-refractivity contribution in [3.05, 3.63) is 52.0 Å². The number of aromatic nitrogens is 1. The molecular formula is C16H17NO4S. The van der Waals surface area contributed by atoms with Gasteiger partial charge in [0, 0.05) is 12.8 Å². The van der Waals surface area contributed by atoms with Gasteiger partial charge in [0.05, 0.1) is 31.0 Å². The predicted octanol–water partition coefficient (Wildman–Crippen LogP) is 2.65. The maximum atomic E-state index is 12.0. The standard InChI is InChI=1S/C16H17NO4S/c18-16(21-7-6-15-19-8-9-20-15)13-11-17-14(22-13)10-12-4-2-1-3-5-12/h1-5,11,15H,6-10H2. The molecule has 0 spiro atoms. The molecule has 1 aromatic carbocycles. The highest BCUT2D eigenvalue weighted by Crippen LogP contribution is 2.18. The van der Waals surface area contributed by atoms with Crippen LogP contribution in [-0.4, -0.2) is 37.1 Å². The Balaban J connectivity index is 1.48. The number of esters is 1. The van der Waals surface area contributed by atoms with Crippen LogP contribution < -0.4 is 0 Å². The zero-order valence-electron chi connectivity index (χ0n) is 12.1. The van der Waals surface area contributed by atoms with Crippen LogP contribution in [-0.2, 0) is 20.6 Å². The Morgan fingerprint density at radius 3 is 2.82 bits per heavy atom. The molecule has 2 heterocycles. The van der Waals surface area contributed by atoms with Gasteiger partial charge in [-0.3, -0.25) is 0 Å². The average molecular weight is 319 g/mol. The number of ether oxygens (including phenoxy) is 3. The Morgan fingerprint density at radius 1 is 1.27 bits per heavy atom. The summed E-state index contributed by atoms with van der Waals surface area (Å²) < 4.78 is 15.8. The summed E-state index contributed by atoms with van der Waals surface area (Å²) in [6.45, 7) is 1.50. The van der Waals surface area contributed by atoms with E-state index in [-0.39, 0.29) is 18.9 Å². The molecule has 0 bridgehead atoms. The summed E-state index contributed by atoms with van der Waals surface area (Å²) >= 11 is 1.37. The third-order valence-corrected chi connectivity index (χ3v) is 4.21. The fourth-order valence-corrected chi connectivity index (χ4v) is 3.00. The molecule has 22 heavy (non-hydrogen) atoms. The lowest BCUT2D eigenvalue weighted by molar-refractivity contribution is -0.0572. The summed E-state index contributed by atoms with van der Waals surface area (Å²) in [6, 6.07) is 10.0. The van der Waals surface area contributed by atoms with E-state index in [1.165, 1.54) is 16.9 Å². The van der Waals surface area contributed by atoms with E-state index in [4.69, 9.17) is 14.2 Å². The zero-order chi connectivity index (χ0) is 15.2. The number of rotatable bonds is 6. The average Bonchev–Trinajstić information content (AvgIpc) is 3.20. The van der Waals surface area contributed by atoms with E-state index in [9.17, 15) is 4.79 Å². The number of benzene rings is 1. The van der Waals surface area contributed by atoms with Crippen LogP contribution in [0, 0.1) is 0 Å². The van der Waals surface area contributed by atoms with E-state index >= 15 is 0 Å². The Kier molecular flexibility index (Phi) is 5.15. The first-order valence-corrected chi connectivity index (χ1v) is 8.02. The van der Waals surface area contributed by atoms with Crippen molar-refractivity contribution in [3.8, 4) is 0 Å². The summed E-state index contributed by atoms with van der Waals surface area (Å²) in [7, 11) is 0. The Morgan fingerprint density at radius 2 is 2.05 bits per heavy atom. The summed E-state index contributed by atoms with van der Waals surface area (Å²) in [5.74, 6) is -0.338. The van der Waals surface area contributed by atoms with Crippen LogP contribution in [0.3, 0.4) is 0 Å². The number of nitrogens with zero attached hydrogens (tertiary/aromatic N) is 1. The van der Waals surface area contributed by atoms with E-state index in [1.54, 1.807) is 6.20 Å². The van der Waals surface area contributed by atoms with Crippen LogP contribution in [0.25, 0.3) is 0 Å². The van der Waals surface area contributed by atoms with Crippen LogP contribution >= 0.6 is 11.3 Å². The van der Waals surface area contributed by atoms with Crippen molar-refractivity contribution in [2.75, 3.05) is 19.8 Å². The molecule has 6 heteroatoms. The van der Waals surface area contributed by atoms with Gasteiger partial charge in [0.25, 0.3) is 0 Å². The molecule has 2 aromatic rings. The molecule has 1 aromatic heterocycles. The van der Waals surface area contributed by atoms with Gasteiger partial charge < -0.3 is 14.2 Å². The van der Waals surface area contributed by atoms with Crippen molar-refractivity contribution in [1.82, 2.24) is 4.98 Å². The molecule has 0 aliphatic carbocycles. The van der Waals surface area contributed by atoms with Crippen molar-refractivity contribution < 1.29 is 19.0 Å². The number of thiazole rings is 1. The molecule has 0 N–H and O–H groups in total. The maximum Gasteiger partial charge on any atom is 0.349 e. The topological polar surface area (TPSA) is 57.7 Å². The molecule has 0 unspecified atom stereocenters. The van der Waals surface area contributed by atoms with E-state index in [0.717, 1.165) is 11.4 Å². The molecule has 0 atom stereocenters. The van der Waals surface area contributed by atoms with Crippen molar-refractivity contribution in [2.24, 2.45) is 0 Å². The minimum atomic E-state index is -0.338. The summed E-state index contributed by atoms with van der Waals surface area (Å²) in [5.41, 5.74) is 1.17. The zero-order valence-corrected chi connectivity index (χ0v) is 12.9. The van der Waals surface area contributed by atoms with Crippen LogP contribution in [0.4, 0.5) is 0 Å². The molecule has 116 valence electrons. The first-order chi connectivity index (χ1) is 10.8. The summed E-state index contributed by atoms with van der Waals surface area (Å²) in [5, 5.41) is 0.903. The SMILES string of the molecule is O=C(OCCC1OCCO1)c1cnc(Cc2ccccc2)s1. The summed E-state index contributed by atoms with van der Waals surface area (Å²) in [6.07, 6.45) is 2.61. The van der Waals surface area contributed by atoms with E-state index < -0.39 is 0 Å². The quantitative estimate of drug-likeness (QED) is 0.766. The lowest BCUT2D eigenvalue weighted by Gasteiger charge is -2.08. The molecule has 0 saturated carbocycles. The number of hydrogen-bond donors (Lipinski definition) is 0. The van der Waals surface area contributed by atoms with Gasteiger partial charge in [-0.15, -0.1) is 11.3 Å². The van der Waals surface area contributed by atoms with Gasteiger partial charge >= 0.3 is 5.97 Å². The highest BCUT2D eigenvalue weighted by atomic mass is 32.1. The second-order valence-corrected chi connectivity index (χ2v) is 5.99. The van der Waals surface area contributed by atoms with Gasteiger partial charge in [-0.25, -0.2) is 9.78 Å². The molecule has 0 amide bonds. The lowest BCUT2D eigenvalue weighted by atomic mass is 10.2. The van der Waals surface area contributed by atoms with Crippen molar-refractivity contribution in [3.63, 3.8) is 0 Å².